The quantitative estimate of drug-likeness (QED) is 0.666. The van der Waals surface area contributed by atoms with Gasteiger partial charge >= 0.3 is 5.69 Å². The second-order valence-electron chi connectivity index (χ2n) is 4.14. The van der Waals surface area contributed by atoms with Gasteiger partial charge in [-0.15, -0.1) is 4.68 Å². The van der Waals surface area contributed by atoms with Crippen molar-refractivity contribution >= 4 is 11.3 Å². The largest absolute Gasteiger partial charge is 0.490 e. The molecule has 3 heterocycles. The highest BCUT2D eigenvalue weighted by molar-refractivity contribution is 7.11. The van der Waals surface area contributed by atoms with E-state index in [9.17, 15) is 4.79 Å². The first kappa shape index (κ1) is 13.1. The van der Waals surface area contributed by atoms with Crippen LogP contribution in [0, 0.1) is 0 Å². The van der Waals surface area contributed by atoms with Crippen molar-refractivity contribution in [1.82, 2.24) is 24.8 Å². The molecule has 3 rings (SSSR count). The molecule has 0 amide bonds. The molecule has 3 aromatic rings. The third-order valence-electron chi connectivity index (χ3n) is 2.76. The number of hydrogen-bond donors (Lipinski definition) is 0. The molecular formula is C12H13N5O4S. The molecule has 10 heteroatoms. The normalized spacial score (nSPS) is 11.5. The number of aryl methyl sites for hydroxylation is 1. The molecule has 0 aliphatic carbocycles. The van der Waals surface area contributed by atoms with E-state index in [1.807, 2.05) is 6.92 Å². The van der Waals surface area contributed by atoms with E-state index in [2.05, 4.69) is 15.4 Å². The maximum atomic E-state index is 12.0. The van der Waals surface area contributed by atoms with Crippen molar-refractivity contribution in [2.24, 2.45) is 7.05 Å². The summed E-state index contributed by atoms with van der Waals surface area (Å²) < 4.78 is 25.9. The van der Waals surface area contributed by atoms with Gasteiger partial charge in [-0.25, -0.2) is 9.78 Å². The van der Waals surface area contributed by atoms with E-state index in [1.54, 1.807) is 5.38 Å². The van der Waals surface area contributed by atoms with E-state index in [-0.39, 0.29) is 18.7 Å². The molecule has 0 saturated carbocycles. The van der Waals surface area contributed by atoms with Crippen LogP contribution in [0.15, 0.2) is 27.0 Å². The third-order valence-corrected chi connectivity index (χ3v) is 3.39. The fourth-order valence-electron chi connectivity index (χ4n) is 1.77. The molecule has 9 nitrogen and oxygen atoms in total. The molecule has 0 atom stereocenters. The average molecular weight is 325 g/mol. The van der Waals surface area contributed by atoms with Crippen LogP contribution in [0.5, 0.6) is 10.9 Å². The molecule has 0 aromatic carbocycles. The Labute approximate surface area is 130 Å². The lowest BCUT2D eigenvalue weighted by atomic mass is 10.3. The van der Waals surface area contributed by atoms with Gasteiger partial charge in [0, 0.05) is 18.6 Å². The van der Waals surface area contributed by atoms with Crippen LogP contribution in [0.3, 0.4) is 0 Å². The van der Waals surface area contributed by atoms with E-state index >= 15 is 0 Å². The number of furan rings is 1. The summed E-state index contributed by atoms with van der Waals surface area (Å²) in [7, 11) is 1.49. The summed E-state index contributed by atoms with van der Waals surface area (Å²) in [5, 5.41) is 9.30. The Balaban J connectivity index is 1.94. The molecule has 0 radical (unpaired) electrons. The van der Waals surface area contributed by atoms with Gasteiger partial charge in [0.15, 0.2) is 5.75 Å². The smallest absolute Gasteiger partial charge is 0.370 e. The summed E-state index contributed by atoms with van der Waals surface area (Å²) in [5.74, 6) is 0.622. The van der Waals surface area contributed by atoms with Gasteiger partial charge in [-0.1, -0.05) is 11.3 Å². The zero-order valence-electron chi connectivity index (χ0n) is 12.8. The van der Waals surface area contributed by atoms with Crippen LogP contribution in [-0.4, -0.2) is 31.4 Å². The minimum atomic E-state index is -0.452. The molecule has 116 valence electrons. The molecule has 0 spiro atoms. The molecule has 0 N–H and O–H groups in total. The molecule has 0 aliphatic rings. The SMILES string of the molecule is [3H]c1csc(OCc2c(OCC)coc2-n2nnn(C)c2=O)n1. The number of ether oxygens (including phenoxy) is 2. The third kappa shape index (κ3) is 2.60. The van der Waals surface area contributed by atoms with Crippen molar-refractivity contribution in [1.29, 1.82) is 0 Å². The maximum absolute atomic E-state index is 12.0. The summed E-state index contributed by atoms with van der Waals surface area (Å²) >= 11 is 1.21. The van der Waals surface area contributed by atoms with Crippen LogP contribution in [0.1, 0.15) is 13.9 Å². The standard InChI is InChI=1S/C12H13N5O4S/c1-3-19-9-7-20-10(17-12(18)16(2)14-15-17)8(9)6-21-11-13-4-5-22-11/h4-5,7H,3,6H2,1-2H3/i4T. The number of hydrogen-bond acceptors (Lipinski definition) is 8. The first-order chi connectivity index (χ1) is 11.1. The monoisotopic (exact) mass is 325 g/mol. The summed E-state index contributed by atoms with van der Waals surface area (Å²) in [6.45, 7) is 2.31. The second-order valence-corrected chi connectivity index (χ2v) is 4.97. The molecule has 22 heavy (non-hydrogen) atoms. The molecule has 0 fully saturated rings. The fraction of sp³-hybridized carbons (Fsp3) is 0.333. The predicted molar refractivity (Wildman–Crippen MR) is 76.5 cm³/mol. The van der Waals surface area contributed by atoms with Crippen LogP contribution >= 0.6 is 11.3 Å². The highest BCUT2D eigenvalue weighted by Gasteiger charge is 2.21. The number of nitrogens with zero attached hydrogens (tertiary/aromatic N) is 5. The van der Waals surface area contributed by atoms with Crippen LogP contribution in [0.4, 0.5) is 0 Å². The van der Waals surface area contributed by atoms with Gasteiger partial charge < -0.3 is 13.9 Å². The van der Waals surface area contributed by atoms with E-state index in [4.69, 9.17) is 15.3 Å². The van der Waals surface area contributed by atoms with Crippen LogP contribution < -0.4 is 15.2 Å². The van der Waals surface area contributed by atoms with Gasteiger partial charge in [-0.3, -0.25) is 0 Å². The first-order valence-electron chi connectivity index (χ1n) is 6.87. The maximum Gasteiger partial charge on any atom is 0.370 e. The van der Waals surface area contributed by atoms with Gasteiger partial charge in [-0.2, -0.15) is 4.68 Å². The molecular weight excluding hydrogens is 310 g/mol. The predicted octanol–water partition coefficient (Wildman–Crippen LogP) is 0.993. The molecule has 3 aromatic heterocycles. The highest BCUT2D eigenvalue weighted by atomic mass is 32.1. The highest BCUT2D eigenvalue weighted by Crippen LogP contribution is 2.28. The van der Waals surface area contributed by atoms with Crippen LogP contribution in [0.2, 0.25) is 0 Å². The molecule has 0 bridgehead atoms. The summed E-state index contributed by atoms with van der Waals surface area (Å²) in [6.07, 6.45) is 1.52. The Morgan fingerprint density at radius 1 is 1.45 bits per heavy atom. The number of aromatic nitrogens is 5. The van der Waals surface area contributed by atoms with Crippen LogP contribution in [-0.2, 0) is 13.7 Å². The van der Waals surface area contributed by atoms with E-state index in [0.717, 1.165) is 9.36 Å². The number of rotatable bonds is 6. The molecule has 0 aliphatic heterocycles. The summed E-state index contributed by atoms with van der Waals surface area (Å²) in [4.78, 5) is 15.9. The lowest BCUT2D eigenvalue weighted by molar-refractivity contribution is 0.286. The van der Waals surface area contributed by atoms with Gasteiger partial charge in [0.1, 0.15) is 12.9 Å². The minimum Gasteiger partial charge on any atom is -0.490 e. The van der Waals surface area contributed by atoms with Crippen molar-refractivity contribution in [2.45, 2.75) is 13.5 Å². The number of thiazole rings is 1. The second kappa shape index (κ2) is 6.02. The number of tetrazole rings is 1. The van der Waals surface area contributed by atoms with Gasteiger partial charge in [0.2, 0.25) is 5.88 Å². The average Bonchev–Trinajstić information content (AvgIpc) is 3.20. The van der Waals surface area contributed by atoms with Gasteiger partial charge in [-0.05, 0) is 17.4 Å². The van der Waals surface area contributed by atoms with E-state index in [1.165, 1.54) is 24.6 Å². The zero-order valence-corrected chi connectivity index (χ0v) is 12.7. The summed E-state index contributed by atoms with van der Waals surface area (Å²) in [6, 6.07) is 0. The van der Waals surface area contributed by atoms with Gasteiger partial charge in [0.05, 0.1) is 13.5 Å². The van der Waals surface area contributed by atoms with E-state index < -0.39 is 5.69 Å². The minimum absolute atomic E-state index is 0.0527. The Bertz CT molecular complexity index is 867. The first-order valence-corrected chi connectivity index (χ1v) is 7.25. The zero-order chi connectivity index (χ0) is 16.4. The van der Waals surface area contributed by atoms with Crippen molar-refractivity contribution in [2.75, 3.05) is 6.61 Å². The van der Waals surface area contributed by atoms with Gasteiger partial charge in [0.25, 0.3) is 5.19 Å². The lowest BCUT2D eigenvalue weighted by Crippen LogP contribution is -2.22. The Kier molecular flexibility index (Phi) is 3.57. The Hall–Kier alpha value is -2.62. The van der Waals surface area contributed by atoms with Crippen molar-refractivity contribution in [3.63, 3.8) is 0 Å². The van der Waals surface area contributed by atoms with E-state index in [0.29, 0.717) is 23.1 Å². The summed E-state index contributed by atoms with van der Waals surface area (Å²) in [5.41, 5.74) is 0.0579. The molecule has 0 unspecified atom stereocenters. The van der Waals surface area contributed by atoms with Crippen LogP contribution in [0.25, 0.3) is 5.88 Å². The van der Waals surface area contributed by atoms with Crippen molar-refractivity contribution < 1.29 is 15.3 Å². The lowest BCUT2D eigenvalue weighted by Gasteiger charge is -2.06. The Morgan fingerprint density at radius 2 is 2.32 bits per heavy atom. The molecule has 0 saturated heterocycles. The van der Waals surface area contributed by atoms with Crippen molar-refractivity contribution in [3.8, 4) is 16.8 Å². The Morgan fingerprint density at radius 3 is 2.95 bits per heavy atom. The van der Waals surface area contributed by atoms with Crippen molar-refractivity contribution in [3.05, 3.63) is 33.9 Å². The topological polar surface area (TPSA) is 97.2 Å². The fourth-order valence-corrected chi connectivity index (χ4v) is 2.21.